The molecule has 0 radical (unpaired) electrons. The molecule has 25 heavy (non-hydrogen) atoms. The highest BCUT2D eigenvalue weighted by Gasteiger charge is 2.25. The number of pyridine rings is 1. The molecule has 2 heterocycles. The highest BCUT2D eigenvalue weighted by molar-refractivity contribution is 5.40. The van der Waals surface area contributed by atoms with Gasteiger partial charge in [0.25, 0.3) is 5.56 Å². The van der Waals surface area contributed by atoms with Crippen LogP contribution in [0.3, 0.4) is 0 Å². The minimum atomic E-state index is -0.0605. The van der Waals surface area contributed by atoms with Gasteiger partial charge in [-0.2, -0.15) is 9.78 Å². The number of benzene rings is 1. The Hall–Kier alpha value is -2.95. The Kier molecular flexibility index (Phi) is 4.06. The molecule has 0 fully saturated rings. The molecule has 2 aromatic heterocycles. The van der Waals surface area contributed by atoms with E-state index >= 15 is 0 Å². The number of aromatic nitrogens is 3. The summed E-state index contributed by atoms with van der Waals surface area (Å²) in [6.45, 7) is 0. The molecule has 1 aliphatic carbocycles. The number of ether oxygens (including phenoxy) is 1. The fourth-order valence-corrected chi connectivity index (χ4v) is 3.56. The maximum absolute atomic E-state index is 12.8. The molecule has 1 unspecified atom stereocenters. The molecular formula is C20H19N3O2. The van der Waals surface area contributed by atoms with E-state index in [1.54, 1.807) is 19.4 Å². The highest BCUT2D eigenvalue weighted by atomic mass is 16.5. The first-order valence-corrected chi connectivity index (χ1v) is 8.42. The van der Waals surface area contributed by atoms with Gasteiger partial charge < -0.3 is 4.74 Å². The third kappa shape index (κ3) is 2.82. The molecule has 126 valence electrons. The van der Waals surface area contributed by atoms with E-state index in [9.17, 15) is 4.79 Å². The molecule has 0 amide bonds. The van der Waals surface area contributed by atoms with Gasteiger partial charge in [-0.15, -0.1) is 0 Å². The second kappa shape index (κ2) is 6.51. The van der Waals surface area contributed by atoms with E-state index in [-0.39, 0.29) is 5.56 Å². The van der Waals surface area contributed by atoms with E-state index in [2.05, 4.69) is 16.1 Å². The summed E-state index contributed by atoms with van der Waals surface area (Å²) in [5.41, 5.74) is 3.02. The first-order valence-electron chi connectivity index (χ1n) is 8.42. The molecule has 5 heteroatoms. The number of methoxy groups -OCH3 is 1. The van der Waals surface area contributed by atoms with Crippen LogP contribution in [-0.4, -0.2) is 21.9 Å². The van der Waals surface area contributed by atoms with Crippen molar-refractivity contribution in [1.29, 1.82) is 0 Å². The van der Waals surface area contributed by atoms with Crippen LogP contribution in [0.4, 0.5) is 0 Å². The number of para-hydroxylation sites is 1. The lowest BCUT2D eigenvalue weighted by atomic mass is 9.81. The van der Waals surface area contributed by atoms with Crippen molar-refractivity contribution in [2.24, 2.45) is 0 Å². The van der Waals surface area contributed by atoms with Crippen LogP contribution in [-0.2, 0) is 12.8 Å². The lowest BCUT2D eigenvalue weighted by molar-refractivity contribution is 0.401. The van der Waals surface area contributed by atoms with Gasteiger partial charge in [0, 0.05) is 11.8 Å². The van der Waals surface area contributed by atoms with Crippen molar-refractivity contribution >= 4 is 0 Å². The minimum Gasteiger partial charge on any atom is -0.496 e. The summed E-state index contributed by atoms with van der Waals surface area (Å²) >= 11 is 0. The van der Waals surface area contributed by atoms with Crippen molar-refractivity contribution in [3.63, 3.8) is 0 Å². The maximum Gasteiger partial charge on any atom is 0.276 e. The minimum absolute atomic E-state index is 0.0605. The van der Waals surface area contributed by atoms with Gasteiger partial charge in [0.05, 0.1) is 13.3 Å². The van der Waals surface area contributed by atoms with Crippen LogP contribution in [0.25, 0.3) is 5.82 Å². The lowest BCUT2D eigenvalue weighted by Crippen LogP contribution is -2.30. The van der Waals surface area contributed by atoms with Crippen molar-refractivity contribution in [3.8, 4) is 11.6 Å². The van der Waals surface area contributed by atoms with Gasteiger partial charge in [0.1, 0.15) is 5.75 Å². The van der Waals surface area contributed by atoms with Crippen molar-refractivity contribution < 1.29 is 4.74 Å². The zero-order valence-corrected chi connectivity index (χ0v) is 14.1. The SMILES string of the molecule is COc1ccccc1C1CCc2c(cnn(-c3ccccn3)c2=O)C1. The van der Waals surface area contributed by atoms with Gasteiger partial charge in [0.15, 0.2) is 5.82 Å². The van der Waals surface area contributed by atoms with Gasteiger partial charge in [0.2, 0.25) is 0 Å². The average molecular weight is 333 g/mol. The van der Waals surface area contributed by atoms with E-state index < -0.39 is 0 Å². The molecule has 4 rings (SSSR count). The van der Waals surface area contributed by atoms with Gasteiger partial charge in [-0.1, -0.05) is 24.3 Å². The molecule has 3 aromatic rings. The van der Waals surface area contributed by atoms with Crippen LogP contribution < -0.4 is 10.3 Å². The zero-order chi connectivity index (χ0) is 17.2. The molecule has 0 saturated carbocycles. The predicted octanol–water partition coefficient (Wildman–Crippen LogP) is 2.91. The van der Waals surface area contributed by atoms with Crippen LogP contribution in [0, 0.1) is 0 Å². The summed E-state index contributed by atoms with van der Waals surface area (Å²) in [5, 5.41) is 4.34. The Morgan fingerprint density at radius 1 is 1.16 bits per heavy atom. The van der Waals surface area contributed by atoms with E-state index in [0.29, 0.717) is 11.7 Å². The number of hydrogen-bond donors (Lipinski definition) is 0. The smallest absolute Gasteiger partial charge is 0.276 e. The molecule has 0 N–H and O–H groups in total. The zero-order valence-electron chi connectivity index (χ0n) is 14.1. The van der Waals surface area contributed by atoms with Gasteiger partial charge in [-0.3, -0.25) is 4.79 Å². The molecular weight excluding hydrogens is 314 g/mol. The summed E-state index contributed by atoms with van der Waals surface area (Å²) in [4.78, 5) is 17.0. The van der Waals surface area contributed by atoms with E-state index in [0.717, 1.165) is 36.1 Å². The van der Waals surface area contributed by atoms with E-state index in [4.69, 9.17) is 4.74 Å². The Morgan fingerprint density at radius 3 is 2.80 bits per heavy atom. The van der Waals surface area contributed by atoms with Crippen molar-refractivity contribution in [3.05, 3.63) is 81.9 Å². The van der Waals surface area contributed by atoms with Crippen LogP contribution in [0.2, 0.25) is 0 Å². The van der Waals surface area contributed by atoms with Crippen molar-refractivity contribution in [1.82, 2.24) is 14.8 Å². The number of fused-ring (bicyclic) bond motifs is 1. The molecule has 0 aliphatic heterocycles. The van der Waals surface area contributed by atoms with E-state index in [1.807, 2.05) is 36.5 Å². The second-order valence-electron chi connectivity index (χ2n) is 6.23. The van der Waals surface area contributed by atoms with Gasteiger partial charge >= 0.3 is 0 Å². The third-order valence-corrected chi connectivity index (χ3v) is 4.82. The van der Waals surface area contributed by atoms with Crippen LogP contribution in [0.15, 0.2) is 59.7 Å². The molecule has 0 bridgehead atoms. The maximum atomic E-state index is 12.8. The molecule has 1 aromatic carbocycles. The summed E-state index contributed by atoms with van der Waals surface area (Å²) in [5.74, 6) is 1.81. The fourth-order valence-electron chi connectivity index (χ4n) is 3.56. The molecule has 5 nitrogen and oxygen atoms in total. The predicted molar refractivity (Wildman–Crippen MR) is 95.4 cm³/mol. The Labute approximate surface area is 145 Å². The largest absolute Gasteiger partial charge is 0.496 e. The molecule has 1 aliphatic rings. The normalized spacial score (nSPS) is 16.3. The second-order valence-corrected chi connectivity index (χ2v) is 6.23. The molecule has 1 atom stereocenters. The molecule has 0 spiro atoms. The summed E-state index contributed by atoms with van der Waals surface area (Å²) in [6, 6.07) is 13.6. The van der Waals surface area contributed by atoms with Crippen molar-refractivity contribution in [2.45, 2.75) is 25.2 Å². The summed E-state index contributed by atoms with van der Waals surface area (Å²) in [6.07, 6.45) is 5.95. The van der Waals surface area contributed by atoms with Gasteiger partial charge in [-0.05, 0) is 54.5 Å². The number of nitrogens with zero attached hydrogens (tertiary/aromatic N) is 3. The number of rotatable bonds is 3. The fraction of sp³-hybridized carbons (Fsp3) is 0.250. The Bertz CT molecular complexity index is 951. The van der Waals surface area contributed by atoms with E-state index in [1.165, 1.54) is 10.2 Å². The standard InChI is InChI=1S/C20H19N3O2/c1-25-18-7-3-2-6-16(18)14-9-10-17-15(12-14)13-22-23(20(17)24)19-8-4-5-11-21-19/h2-8,11,13-14H,9-10,12H2,1H3. The monoisotopic (exact) mass is 333 g/mol. The van der Waals surface area contributed by atoms with Crippen LogP contribution >= 0.6 is 0 Å². The van der Waals surface area contributed by atoms with Crippen LogP contribution in [0.1, 0.15) is 29.0 Å². The first kappa shape index (κ1) is 15.6. The first-order chi connectivity index (χ1) is 12.3. The van der Waals surface area contributed by atoms with Gasteiger partial charge in [-0.25, -0.2) is 4.98 Å². The summed E-state index contributed by atoms with van der Waals surface area (Å²) < 4.78 is 6.89. The Morgan fingerprint density at radius 2 is 2.00 bits per heavy atom. The lowest BCUT2D eigenvalue weighted by Gasteiger charge is -2.25. The Balaban J connectivity index is 1.69. The number of hydrogen-bond acceptors (Lipinski definition) is 4. The van der Waals surface area contributed by atoms with Crippen LogP contribution in [0.5, 0.6) is 5.75 Å². The van der Waals surface area contributed by atoms with Crippen molar-refractivity contribution in [2.75, 3.05) is 7.11 Å². The average Bonchev–Trinajstić information content (AvgIpc) is 2.68. The summed E-state index contributed by atoms with van der Waals surface area (Å²) in [7, 11) is 1.70. The molecule has 0 saturated heterocycles. The highest BCUT2D eigenvalue weighted by Crippen LogP contribution is 2.35. The third-order valence-electron chi connectivity index (χ3n) is 4.82. The quantitative estimate of drug-likeness (QED) is 0.739. The topological polar surface area (TPSA) is 57.0 Å².